The summed E-state index contributed by atoms with van der Waals surface area (Å²) in [4.78, 5) is 12.5. The van der Waals surface area contributed by atoms with E-state index in [4.69, 9.17) is 0 Å². The molecule has 0 aromatic carbocycles. The molecule has 304 valence electrons. The van der Waals surface area contributed by atoms with E-state index in [0.717, 1.165) is 64.2 Å². The highest BCUT2D eigenvalue weighted by Gasteiger charge is 2.28. The maximum absolute atomic E-state index is 12.5. The van der Waals surface area contributed by atoms with Crippen LogP contribution in [0.1, 0.15) is 206 Å². The van der Waals surface area contributed by atoms with E-state index in [2.05, 4.69) is 67.8 Å². The van der Waals surface area contributed by atoms with Gasteiger partial charge in [-0.2, -0.15) is 0 Å². The maximum atomic E-state index is 12.5. The third-order valence-electron chi connectivity index (χ3n) is 9.97. The molecule has 0 aliphatic carbocycles. The Morgan fingerprint density at radius 1 is 0.462 bits per heavy atom. The number of nitrogens with one attached hydrogen (secondary N) is 1. The van der Waals surface area contributed by atoms with E-state index in [1.54, 1.807) is 0 Å². The van der Waals surface area contributed by atoms with E-state index in [0.29, 0.717) is 19.3 Å². The fourth-order valence-electron chi connectivity index (χ4n) is 6.42. The van der Waals surface area contributed by atoms with Crippen molar-refractivity contribution < 1.29 is 25.2 Å². The van der Waals surface area contributed by atoms with Crippen LogP contribution in [-0.4, -0.2) is 57.3 Å². The number of hydrogen-bond acceptors (Lipinski definition) is 5. The number of hydrogen-bond donors (Lipinski definition) is 5. The van der Waals surface area contributed by atoms with Gasteiger partial charge in [-0.3, -0.25) is 4.79 Å². The molecule has 0 heterocycles. The molecule has 0 aliphatic heterocycles. The van der Waals surface area contributed by atoms with Gasteiger partial charge >= 0.3 is 0 Å². The van der Waals surface area contributed by atoms with E-state index >= 15 is 0 Å². The molecule has 1 amide bonds. The average Bonchev–Trinajstić information content (AvgIpc) is 3.15. The Morgan fingerprint density at radius 2 is 0.827 bits per heavy atom. The number of carbonyl (C=O) groups is 1. The van der Waals surface area contributed by atoms with Gasteiger partial charge < -0.3 is 25.7 Å². The summed E-state index contributed by atoms with van der Waals surface area (Å²) in [7, 11) is 0. The van der Waals surface area contributed by atoms with Crippen molar-refractivity contribution in [3.8, 4) is 0 Å². The van der Waals surface area contributed by atoms with Gasteiger partial charge in [-0.15, -0.1) is 0 Å². The normalized spacial score (nSPS) is 14.7. The summed E-state index contributed by atoms with van der Waals surface area (Å²) in [6.45, 7) is 3.98. The first-order valence-corrected chi connectivity index (χ1v) is 22.0. The van der Waals surface area contributed by atoms with Gasteiger partial charge in [-0.25, -0.2) is 0 Å². The minimum atomic E-state index is -1.30. The van der Waals surface area contributed by atoms with Crippen molar-refractivity contribution in [3.63, 3.8) is 0 Å². The largest absolute Gasteiger partial charge is 0.394 e. The molecule has 5 N–H and O–H groups in total. The fourth-order valence-corrected chi connectivity index (χ4v) is 6.42. The second-order valence-corrected chi connectivity index (χ2v) is 15.0. The monoisotopic (exact) mass is 732 g/mol. The van der Waals surface area contributed by atoms with Crippen LogP contribution >= 0.6 is 0 Å². The van der Waals surface area contributed by atoms with Crippen molar-refractivity contribution in [1.82, 2.24) is 5.32 Å². The summed E-state index contributed by atoms with van der Waals surface area (Å²) in [6, 6.07) is -1.01. The lowest BCUT2D eigenvalue weighted by molar-refractivity contribution is -0.132. The van der Waals surface area contributed by atoms with E-state index in [9.17, 15) is 25.2 Å². The molecule has 0 rings (SSSR count). The van der Waals surface area contributed by atoms with Gasteiger partial charge in [0.25, 0.3) is 0 Å². The standard InChI is InChI=1S/C46H85NO5/c1-3-5-7-9-11-13-15-17-19-20-21-22-23-24-26-28-30-32-34-36-38-40-44(50)46(52)47-42(41-48)45(51)43(49)39-37-35-33-31-29-27-25-18-16-14-12-10-8-6-4-2/h10,12,18,23-25,31,33,42-45,48-51H,3-9,11,13-17,19-22,26-30,32,34-41H2,1-2H3,(H,47,52)/b12-10+,24-23-,25-18+,33-31+. The van der Waals surface area contributed by atoms with E-state index in [-0.39, 0.29) is 0 Å². The van der Waals surface area contributed by atoms with Gasteiger partial charge in [0.1, 0.15) is 12.2 Å². The third-order valence-corrected chi connectivity index (χ3v) is 9.97. The van der Waals surface area contributed by atoms with Gasteiger partial charge in [0.2, 0.25) is 5.91 Å². The van der Waals surface area contributed by atoms with E-state index in [1.165, 1.54) is 109 Å². The SMILES string of the molecule is CCCC/C=C/CC/C=C/CC/C=C/CCCC(O)C(O)C(CO)NC(=O)C(O)CCCCCCCC/C=C\CCCCCCCCCCCCC. The number of amides is 1. The molecular formula is C46H85NO5. The molecule has 0 aliphatic rings. The molecule has 0 saturated heterocycles. The van der Waals surface area contributed by atoms with Gasteiger partial charge in [-0.1, -0.05) is 172 Å². The van der Waals surface area contributed by atoms with Crippen molar-refractivity contribution >= 4 is 5.91 Å². The van der Waals surface area contributed by atoms with Crippen LogP contribution in [0.25, 0.3) is 0 Å². The van der Waals surface area contributed by atoms with Crippen molar-refractivity contribution in [2.45, 2.75) is 231 Å². The summed E-state index contributed by atoms with van der Waals surface area (Å²) >= 11 is 0. The van der Waals surface area contributed by atoms with Crippen LogP contribution in [0.5, 0.6) is 0 Å². The molecule has 4 atom stereocenters. The number of allylic oxidation sites excluding steroid dienone is 8. The summed E-state index contributed by atoms with van der Waals surface area (Å²) in [6.07, 6.45) is 48.5. The van der Waals surface area contributed by atoms with Crippen LogP contribution < -0.4 is 5.32 Å². The molecule has 0 bridgehead atoms. The summed E-state index contributed by atoms with van der Waals surface area (Å²) in [5, 5.41) is 43.6. The van der Waals surface area contributed by atoms with Crippen LogP contribution in [0.4, 0.5) is 0 Å². The van der Waals surface area contributed by atoms with Gasteiger partial charge in [0.05, 0.1) is 18.8 Å². The third kappa shape index (κ3) is 34.1. The molecule has 0 radical (unpaired) electrons. The molecular weight excluding hydrogens is 647 g/mol. The van der Waals surface area contributed by atoms with Crippen LogP contribution in [-0.2, 0) is 4.79 Å². The lowest BCUT2D eigenvalue weighted by Crippen LogP contribution is -2.53. The second-order valence-electron chi connectivity index (χ2n) is 15.0. The molecule has 52 heavy (non-hydrogen) atoms. The topological polar surface area (TPSA) is 110 Å². The van der Waals surface area contributed by atoms with Gasteiger partial charge in [0.15, 0.2) is 0 Å². The Morgan fingerprint density at radius 3 is 1.27 bits per heavy atom. The fraction of sp³-hybridized carbons (Fsp3) is 0.804. The minimum Gasteiger partial charge on any atom is -0.394 e. The number of carbonyl (C=O) groups excluding carboxylic acids is 1. The number of aliphatic hydroxyl groups is 4. The lowest BCUT2D eigenvalue weighted by Gasteiger charge is -2.27. The number of unbranched alkanes of at least 4 members (excludes halogenated alkanes) is 22. The molecule has 0 saturated carbocycles. The lowest BCUT2D eigenvalue weighted by atomic mass is 10.00. The molecule has 0 fully saturated rings. The first-order chi connectivity index (χ1) is 25.5. The van der Waals surface area contributed by atoms with Crippen molar-refractivity contribution in [1.29, 1.82) is 0 Å². The molecule has 0 aromatic rings. The Hall–Kier alpha value is -1.73. The zero-order valence-corrected chi connectivity index (χ0v) is 34.0. The number of aliphatic hydroxyl groups excluding tert-OH is 4. The Labute approximate surface area is 321 Å². The highest BCUT2D eigenvalue weighted by Crippen LogP contribution is 2.14. The van der Waals surface area contributed by atoms with Crippen molar-refractivity contribution in [2.24, 2.45) is 0 Å². The van der Waals surface area contributed by atoms with E-state index < -0.39 is 36.9 Å². The zero-order chi connectivity index (χ0) is 38.2. The molecule has 6 heteroatoms. The second kappa shape index (κ2) is 40.5. The predicted molar refractivity (Wildman–Crippen MR) is 223 cm³/mol. The Balaban J connectivity index is 3.81. The summed E-state index contributed by atoms with van der Waals surface area (Å²) in [5.41, 5.74) is 0. The zero-order valence-electron chi connectivity index (χ0n) is 34.0. The molecule has 0 aromatic heterocycles. The molecule has 6 nitrogen and oxygen atoms in total. The average molecular weight is 732 g/mol. The smallest absolute Gasteiger partial charge is 0.249 e. The van der Waals surface area contributed by atoms with Gasteiger partial charge in [0, 0.05) is 0 Å². The van der Waals surface area contributed by atoms with E-state index in [1.807, 2.05) is 0 Å². The van der Waals surface area contributed by atoms with Gasteiger partial charge in [-0.05, 0) is 83.5 Å². The van der Waals surface area contributed by atoms with Crippen LogP contribution in [0.3, 0.4) is 0 Å². The summed E-state index contributed by atoms with van der Waals surface area (Å²) < 4.78 is 0. The highest BCUT2D eigenvalue weighted by atomic mass is 16.3. The first kappa shape index (κ1) is 50.3. The Bertz CT molecular complexity index is 869. The van der Waals surface area contributed by atoms with Crippen LogP contribution in [0, 0.1) is 0 Å². The predicted octanol–water partition coefficient (Wildman–Crippen LogP) is 11.5. The first-order valence-electron chi connectivity index (χ1n) is 22.0. The maximum Gasteiger partial charge on any atom is 0.249 e. The van der Waals surface area contributed by atoms with Crippen LogP contribution in [0.2, 0.25) is 0 Å². The highest BCUT2D eigenvalue weighted by molar-refractivity contribution is 5.80. The number of rotatable bonds is 39. The van der Waals surface area contributed by atoms with Crippen molar-refractivity contribution in [3.05, 3.63) is 48.6 Å². The summed E-state index contributed by atoms with van der Waals surface area (Å²) in [5.74, 6) is -0.606. The molecule has 4 unspecified atom stereocenters. The minimum absolute atomic E-state index is 0.350. The van der Waals surface area contributed by atoms with Crippen molar-refractivity contribution in [2.75, 3.05) is 6.61 Å². The molecule has 0 spiro atoms. The Kier molecular flexibility index (Phi) is 39.1. The van der Waals surface area contributed by atoms with Crippen LogP contribution in [0.15, 0.2) is 48.6 Å². The quantitative estimate of drug-likeness (QED) is 0.0319.